The molecule has 0 atom stereocenters. The van der Waals surface area contributed by atoms with Gasteiger partial charge in [-0.3, -0.25) is 9.59 Å². The van der Waals surface area contributed by atoms with Crippen LogP contribution in [0.5, 0.6) is 0 Å². The van der Waals surface area contributed by atoms with Gasteiger partial charge in [0.1, 0.15) is 0 Å². The maximum atomic E-state index is 11.9. The third-order valence-corrected chi connectivity index (χ3v) is 3.87. The van der Waals surface area contributed by atoms with Crippen molar-refractivity contribution in [3.63, 3.8) is 0 Å². The zero-order valence-corrected chi connectivity index (χ0v) is 15.1. The van der Waals surface area contributed by atoms with Crippen molar-refractivity contribution in [2.24, 2.45) is 5.10 Å². The first-order valence-electron chi connectivity index (χ1n) is 7.59. The largest absolute Gasteiger partial charge is 0.325 e. The van der Waals surface area contributed by atoms with Crippen LogP contribution in [0.15, 0.2) is 53.6 Å². The lowest BCUT2D eigenvalue weighted by Crippen LogP contribution is -2.21. The predicted octanol–water partition coefficient (Wildman–Crippen LogP) is 4.25. The molecule has 7 heteroatoms. The molecule has 0 fully saturated rings. The highest BCUT2D eigenvalue weighted by Gasteiger charge is 2.09. The quantitative estimate of drug-likeness (QED) is 0.583. The molecule has 0 aliphatic carbocycles. The van der Waals surface area contributed by atoms with Crippen LogP contribution in [0, 0.1) is 0 Å². The fraction of sp³-hybridized carbons (Fsp3) is 0.167. The van der Waals surface area contributed by atoms with Gasteiger partial charge in [0.2, 0.25) is 11.8 Å². The third kappa shape index (κ3) is 6.21. The Morgan fingerprint density at radius 2 is 1.68 bits per heavy atom. The Morgan fingerprint density at radius 3 is 2.36 bits per heavy atom. The van der Waals surface area contributed by atoms with Crippen molar-refractivity contribution < 1.29 is 9.59 Å². The lowest BCUT2D eigenvalue weighted by molar-refractivity contribution is -0.124. The van der Waals surface area contributed by atoms with Crippen molar-refractivity contribution in [3.8, 4) is 0 Å². The first-order valence-corrected chi connectivity index (χ1v) is 8.35. The number of carbonyl (C=O) groups excluding carboxylic acids is 2. The topological polar surface area (TPSA) is 70.6 Å². The number of halogens is 2. The molecule has 2 aromatic rings. The normalized spacial score (nSPS) is 11.1. The SMILES string of the molecule is CC(=NNC(=O)CCC(=O)Nc1ccc(Cl)cc1Cl)c1ccccc1. The number of rotatable bonds is 6. The van der Waals surface area contributed by atoms with Crippen LogP contribution in [0.25, 0.3) is 0 Å². The molecular formula is C18H17Cl2N3O2. The molecule has 25 heavy (non-hydrogen) atoms. The van der Waals surface area contributed by atoms with Crippen molar-refractivity contribution in [2.45, 2.75) is 19.8 Å². The van der Waals surface area contributed by atoms with Gasteiger partial charge in [-0.25, -0.2) is 5.43 Å². The standard InChI is InChI=1S/C18H17Cl2N3O2/c1-12(13-5-3-2-4-6-13)22-23-18(25)10-9-17(24)21-16-8-7-14(19)11-15(16)20/h2-8,11H,9-10H2,1H3,(H,21,24)(H,23,25). The van der Waals surface area contributed by atoms with E-state index >= 15 is 0 Å². The fourth-order valence-electron chi connectivity index (χ4n) is 1.98. The maximum absolute atomic E-state index is 11.9. The molecule has 5 nitrogen and oxygen atoms in total. The zero-order valence-electron chi connectivity index (χ0n) is 13.6. The average Bonchev–Trinajstić information content (AvgIpc) is 2.61. The van der Waals surface area contributed by atoms with Crippen molar-refractivity contribution in [1.82, 2.24) is 5.43 Å². The van der Waals surface area contributed by atoms with E-state index in [-0.39, 0.29) is 24.7 Å². The molecule has 0 unspecified atom stereocenters. The van der Waals surface area contributed by atoms with Crippen LogP contribution < -0.4 is 10.7 Å². The third-order valence-electron chi connectivity index (χ3n) is 3.32. The molecule has 0 spiro atoms. The van der Waals surface area contributed by atoms with E-state index in [1.54, 1.807) is 19.1 Å². The summed E-state index contributed by atoms with van der Waals surface area (Å²) in [4.78, 5) is 23.7. The Balaban J connectivity index is 1.80. The number of hydrazone groups is 1. The molecular weight excluding hydrogens is 361 g/mol. The van der Waals surface area contributed by atoms with Gasteiger partial charge in [-0.15, -0.1) is 0 Å². The first-order chi connectivity index (χ1) is 12.0. The number of benzene rings is 2. The van der Waals surface area contributed by atoms with E-state index in [1.165, 1.54) is 6.07 Å². The van der Waals surface area contributed by atoms with E-state index in [2.05, 4.69) is 15.8 Å². The second-order valence-corrected chi connectivity index (χ2v) is 6.11. The summed E-state index contributed by atoms with van der Waals surface area (Å²) in [5.41, 5.74) is 4.50. The predicted molar refractivity (Wildman–Crippen MR) is 101 cm³/mol. The molecule has 2 amide bonds. The average molecular weight is 378 g/mol. The number of hydrogen-bond donors (Lipinski definition) is 2. The van der Waals surface area contributed by atoms with Crippen molar-refractivity contribution in [3.05, 3.63) is 64.1 Å². The number of anilines is 1. The Bertz CT molecular complexity index is 792. The molecule has 0 radical (unpaired) electrons. The van der Waals surface area contributed by atoms with Crippen molar-refractivity contribution in [2.75, 3.05) is 5.32 Å². The number of carbonyl (C=O) groups is 2. The monoisotopic (exact) mass is 377 g/mol. The van der Waals surface area contributed by atoms with Crippen molar-refractivity contribution in [1.29, 1.82) is 0 Å². The zero-order chi connectivity index (χ0) is 18.2. The summed E-state index contributed by atoms with van der Waals surface area (Å²) >= 11 is 11.8. The molecule has 0 saturated heterocycles. The Kier molecular flexibility index (Phi) is 6.98. The highest BCUT2D eigenvalue weighted by Crippen LogP contribution is 2.25. The van der Waals surface area contributed by atoms with Gasteiger partial charge in [-0.05, 0) is 30.7 Å². The van der Waals surface area contributed by atoms with Gasteiger partial charge in [-0.2, -0.15) is 5.10 Å². The van der Waals surface area contributed by atoms with Gasteiger partial charge in [0.15, 0.2) is 0 Å². The number of nitrogens with zero attached hydrogens (tertiary/aromatic N) is 1. The Hall–Kier alpha value is -2.37. The number of amides is 2. The second-order valence-electron chi connectivity index (χ2n) is 5.27. The minimum Gasteiger partial charge on any atom is -0.325 e. The molecule has 130 valence electrons. The summed E-state index contributed by atoms with van der Waals surface area (Å²) < 4.78 is 0. The van der Waals surface area contributed by atoms with Crippen LogP contribution >= 0.6 is 23.2 Å². The Labute approximate surface area is 156 Å². The molecule has 2 rings (SSSR count). The van der Waals surface area contributed by atoms with Gasteiger partial charge >= 0.3 is 0 Å². The molecule has 0 aromatic heterocycles. The summed E-state index contributed by atoms with van der Waals surface area (Å²) in [6.07, 6.45) is 0.0350. The summed E-state index contributed by atoms with van der Waals surface area (Å²) in [5.74, 6) is -0.657. The lowest BCUT2D eigenvalue weighted by atomic mass is 10.1. The summed E-state index contributed by atoms with van der Waals surface area (Å²) in [6, 6.07) is 14.2. The fourth-order valence-corrected chi connectivity index (χ4v) is 2.43. The van der Waals surface area contributed by atoms with E-state index in [9.17, 15) is 9.59 Å². The van der Waals surface area contributed by atoms with Crippen molar-refractivity contribution >= 4 is 46.4 Å². The second kappa shape index (κ2) is 9.20. The minimum atomic E-state index is -0.340. The van der Waals surface area contributed by atoms with Crippen LogP contribution in [0.3, 0.4) is 0 Å². The van der Waals surface area contributed by atoms with E-state index in [0.717, 1.165) is 5.56 Å². The maximum Gasteiger partial charge on any atom is 0.240 e. The summed E-state index contributed by atoms with van der Waals surface area (Å²) in [7, 11) is 0. The van der Waals surface area contributed by atoms with Crippen LogP contribution in [0.1, 0.15) is 25.3 Å². The van der Waals surface area contributed by atoms with Crippen LogP contribution in [-0.2, 0) is 9.59 Å². The van der Waals surface area contributed by atoms with Gasteiger partial charge in [-0.1, -0.05) is 53.5 Å². The number of hydrogen-bond acceptors (Lipinski definition) is 3. The van der Waals surface area contributed by atoms with Gasteiger partial charge in [0.25, 0.3) is 0 Å². The van der Waals surface area contributed by atoms with Gasteiger partial charge < -0.3 is 5.32 Å². The van der Waals surface area contributed by atoms with E-state index in [0.29, 0.717) is 21.4 Å². The van der Waals surface area contributed by atoms with Crippen LogP contribution in [0.4, 0.5) is 5.69 Å². The first kappa shape index (κ1) is 19.0. The summed E-state index contributed by atoms with van der Waals surface area (Å²) in [5, 5.41) is 7.49. The highest BCUT2D eigenvalue weighted by molar-refractivity contribution is 6.36. The van der Waals surface area contributed by atoms with E-state index in [1.807, 2.05) is 30.3 Å². The minimum absolute atomic E-state index is 0.0165. The Morgan fingerprint density at radius 1 is 1.00 bits per heavy atom. The smallest absolute Gasteiger partial charge is 0.240 e. The van der Waals surface area contributed by atoms with E-state index in [4.69, 9.17) is 23.2 Å². The molecule has 2 aromatic carbocycles. The lowest BCUT2D eigenvalue weighted by Gasteiger charge is -2.07. The molecule has 0 heterocycles. The highest BCUT2D eigenvalue weighted by atomic mass is 35.5. The summed E-state index contributed by atoms with van der Waals surface area (Å²) in [6.45, 7) is 1.80. The molecule has 0 aliphatic rings. The van der Waals surface area contributed by atoms with Crippen LogP contribution in [-0.4, -0.2) is 17.5 Å². The molecule has 0 saturated carbocycles. The molecule has 2 N–H and O–H groups in total. The van der Waals surface area contributed by atoms with Crippen LogP contribution in [0.2, 0.25) is 10.0 Å². The van der Waals surface area contributed by atoms with Gasteiger partial charge in [0, 0.05) is 17.9 Å². The van der Waals surface area contributed by atoms with E-state index < -0.39 is 0 Å². The molecule has 0 bridgehead atoms. The number of nitrogens with one attached hydrogen (secondary N) is 2. The van der Waals surface area contributed by atoms with Gasteiger partial charge in [0.05, 0.1) is 16.4 Å². The molecule has 0 aliphatic heterocycles.